The Bertz CT molecular complexity index is 903. The maximum atomic E-state index is 13.2. The minimum Gasteiger partial charge on any atom is -0.508 e. The topological polar surface area (TPSA) is 82.3 Å². The van der Waals surface area contributed by atoms with Crippen LogP contribution in [-0.2, 0) is 17.4 Å². The molecule has 2 aromatic rings. The summed E-state index contributed by atoms with van der Waals surface area (Å²) in [7, 11) is 0. The van der Waals surface area contributed by atoms with Crippen LogP contribution < -0.4 is 10.1 Å². The predicted octanol–water partition coefficient (Wildman–Crippen LogP) is 4.44. The lowest BCUT2D eigenvalue weighted by Gasteiger charge is -2.21. The quantitative estimate of drug-likeness (QED) is 0.662. The third kappa shape index (κ3) is 6.69. The number of hydrogen-bond donors (Lipinski definition) is 2. The van der Waals surface area contributed by atoms with E-state index in [0.717, 1.165) is 17.7 Å². The fourth-order valence-corrected chi connectivity index (χ4v) is 2.84. The highest BCUT2D eigenvalue weighted by Crippen LogP contribution is 2.34. The van der Waals surface area contributed by atoms with E-state index in [4.69, 9.17) is 10.00 Å². The monoisotopic (exact) mass is 420 g/mol. The number of nitriles is 1. The van der Waals surface area contributed by atoms with E-state index in [1.54, 1.807) is 24.3 Å². The Morgan fingerprint density at radius 1 is 1.20 bits per heavy atom. The van der Waals surface area contributed by atoms with Gasteiger partial charge in [-0.05, 0) is 54.7 Å². The van der Waals surface area contributed by atoms with Gasteiger partial charge in [-0.2, -0.15) is 18.4 Å². The Balaban J connectivity index is 2.08. The molecule has 0 fully saturated rings. The van der Waals surface area contributed by atoms with Gasteiger partial charge in [-0.15, -0.1) is 0 Å². The van der Waals surface area contributed by atoms with Gasteiger partial charge in [0.25, 0.3) is 5.91 Å². The number of carbonyl (C=O) groups is 1. The predicted molar refractivity (Wildman–Crippen MR) is 105 cm³/mol. The molecular formula is C22H23F3N2O3. The number of phenolic OH excluding ortho intramolecular Hbond substituents is 1. The lowest BCUT2D eigenvalue weighted by molar-refractivity contribution is -0.137. The van der Waals surface area contributed by atoms with Crippen LogP contribution in [0, 0.1) is 17.2 Å². The van der Waals surface area contributed by atoms with E-state index in [9.17, 15) is 23.1 Å². The van der Waals surface area contributed by atoms with E-state index >= 15 is 0 Å². The Labute approximate surface area is 173 Å². The van der Waals surface area contributed by atoms with E-state index in [0.29, 0.717) is 19.4 Å². The maximum absolute atomic E-state index is 13.2. The highest BCUT2D eigenvalue weighted by atomic mass is 19.4. The average molecular weight is 420 g/mol. The molecule has 1 amide bonds. The van der Waals surface area contributed by atoms with Gasteiger partial charge in [0.1, 0.15) is 11.5 Å². The van der Waals surface area contributed by atoms with Gasteiger partial charge < -0.3 is 15.2 Å². The van der Waals surface area contributed by atoms with E-state index in [-0.39, 0.29) is 17.4 Å². The van der Waals surface area contributed by atoms with Crippen molar-refractivity contribution >= 4 is 5.91 Å². The van der Waals surface area contributed by atoms with Crippen molar-refractivity contribution in [1.29, 1.82) is 5.26 Å². The summed E-state index contributed by atoms with van der Waals surface area (Å²) in [5.74, 6) is -0.340. The molecule has 2 aromatic carbocycles. The fourth-order valence-electron chi connectivity index (χ4n) is 2.84. The Kier molecular flexibility index (Phi) is 7.70. The number of rotatable bonds is 8. The molecule has 0 bridgehead atoms. The van der Waals surface area contributed by atoms with Crippen LogP contribution in [0.3, 0.4) is 0 Å². The van der Waals surface area contributed by atoms with Crippen molar-refractivity contribution in [1.82, 2.24) is 5.32 Å². The van der Waals surface area contributed by atoms with Crippen molar-refractivity contribution in [2.75, 3.05) is 6.54 Å². The zero-order chi connectivity index (χ0) is 22.3. The van der Waals surface area contributed by atoms with Crippen LogP contribution in [0.2, 0.25) is 0 Å². The van der Waals surface area contributed by atoms with E-state index in [2.05, 4.69) is 5.32 Å². The second-order valence-electron chi connectivity index (χ2n) is 7.26. The average Bonchev–Trinajstić information content (AvgIpc) is 2.68. The number of aromatic hydroxyl groups is 1. The number of nitrogens with zero attached hydrogens (tertiary/aromatic N) is 1. The molecule has 0 saturated heterocycles. The third-order valence-corrected chi connectivity index (χ3v) is 4.32. The minimum atomic E-state index is -4.70. The van der Waals surface area contributed by atoms with Crippen molar-refractivity contribution in [2.45, 2.75) is 39.0 Å². The normalized spacial score (nSPS) is 12.3. The Morgan fingerprint density at radius 2 is 1.87 bits per heavy atom. The van der Waals surface area contributed by atoms with Crippen LogP contribution in [-0.4, -0.2) is 23.7 Å². The first-order chi connectivity index (χ1) is 14.1. The highest BCUT2D eigenvalue weighted by molar-refractivity contribution is 5.81. The van der Waals surface area contributed by atoms with Crippen molar-refractivity contribution < 1.29 is 27.8 Å². The van der Waals surface area contributed by atoms with Crippen molar-refractivity contribution in [3.8, 4) is 17.6 Å². The molecule has 0 heterocycles. The van der Waals surface area contributed by atoms with Crippen molar-refractivity contribution in [3.05, 3.63) is 59.2 Å². The van der Waals surface area contributed by atoms with E-state index < -0.39 is 29.3 Å². The summed E-state index contributed by atoms with van der Waals surface area (Å²) in [6.07, 6.45) is -4.84. The molecule has 5 nitrogen and oxygen atoms in total. The lowest BCUT2D eigenvalue weighted by Crippen LogP contribution is -2.40. The SMILES string of the molecule is CC(C)CC(Oc1ccc(C#N)c(C(F)(F)F)c1)C(=O)NCCc1ccc(O)cc1. The molecule has 160 valence electrons. The second kappa shape index (κ2) is 10.0. The molecule has 0 aliphatic carbocycles. The summed E-state index contributed by atoms with van der Waals surface area (Å²) in [6.45, 7) is 4.06. The first-order valence-corrected chi connectivity index (χ1v) is 9.43. The summed E-state index contributed by atoms with van der Waals surface area (Å²) in [4.78, 5) is 12.6. The molecule has 0 spiro atoms. The van der Waals surface area contributed by atoms with Gasteiger partial charge in [0.05, 0.1) is 17.2 Å². The largest absolute Gasteiger partial charge is 0.508 e. The molecule has 1 unspecified atom stereocenters. The van der Waals surface area contributed by atoms with Crippen LogP contribution in [0.5, 0.6) is 11.5 Å². The van der Waals surface area contributed by atoms with Gasteiger partial charge >= 0.3 is 6.18 Å². The summed E-state index contributed by atoms with van der Waals surface area (Å²) in [5, 5.41) is 20.9. The lowest BCUT2D eigenvalue weighted by atomic mass is 10.0. The first kappa shape index (κ1) is 23.1. The van der Waals surface area contributed by atoms with Crippen LogP contribution in [0.25, 0.3) is 0 Å². The van der Waals surface area contributed by atoms with Gasteiger partial charge in [0.2, 0.25) is 0 Å². The van der Waals surface area contributed by atoms with Crippen LogP contribution in [0.4, 0.5) is 13.2 Å². The molecule has 2 rings (SSSR count). The van der Waals surface area contributed by atoms with Crippen LogP contribution in [0.15, 0.2) is 42.5 Å². The zero-order valence-electron chi connectivity index (χ0n) is 16.7. The number of amides is 1. The molecule has 30 heavy (non-hydrogen) atoms. The summed E-state index contributed by atoms with van der Waals surface area (Å²) >= 11 is 0. The first-order valence-electron chi connectivity index (χ1n) is 9.43. The number of hydrogen-bond acceptors (Lipinski definition) is 4. The molecule has 2 N–H and O–H groups in total. The van der Waals surface area contributed by atoms with Crippen molar-refractivity contribution in [2.24, 2.45) is 5.92 Å². The molecule has 8 heteroatoms. The molecule has 0 saturated carbocycles. The van der Waals surface area contributed by atoms with Gasteiger partial charge in [-0.25, -0.2) is 0 Å². The molecule has 0 aliphatic rings. The van der Waals surface area contributed by atoms with E-state index in [1.807, 2.05) is 13.8 Å². The fraction of sp³-hybridized carbons (Fsp3) is 0.364. The highest BCUT2D eigenvalue weighted by Gasteiger charge is 2.34. The smallest absolute Gasteiger partial charge is 0.417 e. The molecule has 0 aromatic heterocycles. The molecule has 0 aliphatic heterocycles. The number of ether oxygens (including phenoxy) is 1. The maximum Gasteiger partial charge on any atom is 0.417 e. The number of nitrogens with one attached hydrogen (secondary N) is 1. The number of alkyl halides is 3. The number of carbonyl (C=O) groups excluding carboxylic acids is 1. The Hall–Kier alpha value is -3.21. The van der Waals surface area contributed by atoms with Crippen LogP contribution in [0.1, 0.15) is 37.0 Å². The summed E-state index contributed by atoms with van der Waals surface area (Å²) < 4.78 is 45.1. The van der Waals surface area contributed by atoms with Gasteiger partial charge in [-0.1, -0.05) is 26.0 Å². The summed E-state index contributed by atoms with van der Waals surface area (Å²) in [5.41, 5.74) is -0.691. The Morgan fingerprint density at radius 3 is 2.43 bits per heavy atom. The molecular weight excluding hydrogens is 397 g/mol. The minimum absolute atomic E-state index is 0.0679. The molecule has 0 radical (unpaired) electrons. The number of phenols is 1. The summed E-state index contributed by atoms with van der Waals surface area (Å²) in [6, 6.07) is 11.1. The van der Waals surface area contributed by atoms with E-state index in [1.165, 1.54) is 12.1 Å². The number of benzene rings is 2. The van der Waals surface area contributed by atoms with Gasteiger partial charge in [0.15, 0.2) is 6.10 Å². The molecule has 1 atom stereocenters. The number of halogens is 3. The zero-order valence-corrected chi connectivity index (χ0v) is 16.7. The second-order valence-corrected chi connectivity index (χ2v) is 7.26. The van der Waals surface area contributed by atoms with Gasteiger partial charge in [0, 0.05) is 6.54 Å². The van der Waals surface area contributed by atoms with Gasteiger partial charge in [-0.3, -0.25) is 4.79 Å². The van der Waals surface area contributed by atoms with Crippen molar-refractivity contribution in [3.63, 3.8) is 0 Å². The standard InChI is InChI=1S/C22H23F3N2O3/c1-14(2)11-20(21(29)27-10-9-15-3-6-17(28)7-4-15)30-18-8-5-16(13-26)19(12-18)22(23,24)25/h3-8,12,14,20,28H,9-11H2,1-2H3,(H,27,29). The third-order valence-electron chi connectivity index (χ3n) is 4.32. The van der Waals surface area contributed by atoms with Crippen LogP contribution >= 0.6 is 0 Å².